The van der Waals surface area contributed by atoms with Crippen LogP contribution in [0.1, 0.15) is 11.3 Å². The average Bonchev–Trinajstić information content (AvgIpc) is 2.05. The van der Waals surface area contributed by atoms with E-state index >= 15 is 0 Å². The van der Waals surface area contributed by atoms with E-state index in [-0.39, 0.29) is 12.4 Å². The fraction of sp³-hybridized carbons (Fsp3) is 0.143. The van der Waals surface area contributed by atoms with Crippen molar-refractivity contribution in [3.63, 3.8) is 0 Å². The summed E-state index contributed by atoms with van der Waals surface area (Å²) in [5.74, 6) is 0. The highest BCUT2D eigenvalue weighted by molar-refractivity contribution is 5.85. The number of nitrogens with two attached hydrogens (primary N) is 1. The predicted molar refractivity (Wildman–Crippen MR) is 44.1 cm³/mol. The van der Waals surface area contributed by atoms with E-state index in [0.717, 1.165) is 5.69 Å². The van der Waals surface area contributed by atoms with Gasteiger partial charge in [-0.3, -0.25) is 4.98 Å². The Balaban J connectivity index is 0.000001000. The second-order valence-corrected chi connectivity index (χ2v) is 1.85. The molecule has 0 radical (unpaired) electrons. The first-order chi connectivity index (χ1) is 4.86. The van der Waals surface area contributed by atoms with E-state index in [1.54, 1.807) is 18.3 Å². The van der Waals surface area contributed by atoms with Gasteiger partial charge in [0.05, 0.1) is 17.3 Å². The minimum Gasteiger partial charge on any atom is -0.325 e. The molecule has 11 heavy (non-hydrogen) atoms. The summed E-state index contributed by atoms with van der Waals surface area (Å²) in [5, 5.41) is 8.44. The van der Waals surface area contributed by atoms with E-state index in [1.807, 2.05) is 6.07 Å². The summed E-state index contributed by atoms with van der Waals surface area (Å²) in [6.07, 6.45) is 1.58. The second-order valence-electron chi connectivity index (χ2n) is 1.85. The third kappa shape index (κ3) is 2.54. The third-order valence-electron chi connectivity index (χ3n) is 1.15. The fourth-order valence-electron chi connectivity index (χ4n) is 0.659. The number of hydrogen-bond donors (Lipinski definition) is 1. The van der Waals surface area contributed by atoms with Gasteiger partial charge in [-0.25, -0.2) is 0 Å². The van der Waals surface area contributed by atoms with Crippen molar-refractivity contribution in [2.24, 2.45) is 5.73 Å². The maximum atomic E-state index is 8.44. The van der Waals surface area contributed by atoms with Crippen LogP contribution in [0.15, 0.2) is 18.3 Å². The van der Waals surface area contributed by atoms with Crippen molar-refractivity contribution in [3.05, 3.63) is 29.6 Å². The van der Waals surface area contributed by atoms with Gasteiger partial charge >= 0.3 is 0 Å². The van der Waals surface area contributed by atoms with E-state index in [2.05, 4.69) is 4.98 Å². The molecule has 0 bridgehead atoms. The number of nitriles is 1. The first-order valence-electron chi connectivity index (χ1n) is 2.92. The molecule has 0 aliphatic rings. The number of hydrogen-bond acceptors (Lipinski definition) is 3. The lowest BCUT2D eigenvalue weighted by Gasteiger charge is -1.92. The average molecular weight is 170 g/mol. The molecule has 0 saturated carbocycles. The molecule has 3 nitrogen and oxygen atoms in total. The number of aromatic nitrogens is 1. The standard InChI is InChI=1S/C7H7N3.ClH/c8-4-6-1-2-10-7(3-6)5-9;/h1-3H,5,9H2;1H. The molecule has 0 aliphatic carbocycles. The Hall–Kier alpha value is -1.11. The molecule has 1 aromatic rings. The molecule has 1 heterocycles. The number of halogens is 1. The van der Waals surface area contributed by atoms with Crippen molar-refractivity contribution in [1.29, 1.82) is 5.26 Å². The Labute approximate surface area is 71.3 Å². The van der Waals surface area contributed by atoms with E-state index in [0.29, 0.717) is 12.1 Å². The zero-order valence-corrected chi connectivity index (χ0v) is 6.64. The molecule has 0 unspecified atom stereocenters. The summed E-state index contributed by atoms with van der Waals surface area (Å²) in [6, 6.07) is 5.34. The van der Waals surface area contributed by atoms with Crippen LogP contribution in [-0.4, -0.2) is 4.98 Å². The van der Waals surface area contributed by atoms with E-state index in [1.165, 1.54) is 0 Å². The van der Waals surface area contributed by atoms with Crippen LogP contribution in [0.2, 0.25) is 0 Å². The van der Waals surface area contributed by atoms with E-state index in [9.17, 15) is 0 Å². The van der Waals surface area contributed by atoms with Crippen LogP contribution in [0.25, 0.3) is 0 Å². The highest BCUT2D eigenvalue weighted by Crippen LogP contribution is 1.97. The van der Waals surface area contributed by atoms with Gasteiger partial charge in [-0.2, -0.15) is 5.26 Å². The normalized spacial score (nSPS) is 8.00. The van der Waals surface area contributed by atoms with Crippen LogP contribution in [0.4, 0.5) is 0 Å². The number of nitrogens with zero attached hydrogens (tertiary/aromatic N) is 2. The first-order valence-corrected chi connectivity index (χ1v) is 2.92. The third-order valence-corrected chi connectivity index (χ3v) is 1.15. The summed E-state index contributed by atoms with van der Waals surface area (Å²) in [5.41, 5.74) is 6.66. The van der Waals surface area contributed by atoms with Crippen molar-refractivity contribution < 1.29 is 0 Å². The molecular formula is C7H8ClN3. The van der Waals surface area contributed by atoms with Crippen LogP contribution in [0.3, 0.4) is 0 Å². The minimum atomic E-state index is 0. The molecule has 0 aliphatic heterocycles. The molecule has 0 aromatic carbocycles. The fourth-order valence-corrected chi connectivity index (χ4v) is 0.659. The molecule has 0 atom stereocenters. The van der Waals surface area contributed by atoms with E-state index < -0.39 is 0 Å². The van der Waals surface area contributed by atoms with Crippen LogP contribution in [-0.2, 0) is 6.54 Å². The predicted octanol–water partition coefficient (Wildman–Crippen LogP) is 0.834. The number of pyridine rings is 1. The molecule has 2 N–H and O–H groups in total. The molecule has 1 rings (SSSR count). The largest absolute Gasteiger partial charge is 0.325 e. The highest BCUT2D eigenvalue weighted by Gasteiger charge is 1.91. The van der Waals surface area contributed by atoms with Crippen LogP contribution in [0, 0.1) is 11.3 Å². The summed E-state index contributed by atoms with van der Waals surface area (Å²) in [7, 11) is 0. The Morgan fingerprint density at radius 2 is 2.36 bits per heavy atom. The van der Waals surface area contributed by atoms with Gasteiger partial charge in [0.15, 0.2) is 0 Å². The zero-order chi connectivity index (χ0) is 7.40. The lowest BCUT2D eigenvalue weighted by molar-refractivity contribution is 0.988. The molecule has 58 valence electrons. The van der Waals surface area contributed by atoms with Crippen molar-refractivity contribution in [2.45, 2.75) is 6.54 Å². The first kappa shape index (κ1) is 9.89. The van der Waals surface area contributed by atoms with Crippen molar-refractivity contribution in [1.82, 2.24) is 4.98 Å². The van der Waals surface area contributed by atoms with Gasteiger partial charge in [0.25, 0.3) is 0 Å². The van der Waals surface area contributed by atoms with Crippen molar-refractivity contribution in [2.75, 3.05) is 0 Å². The Morgan fingerprint density at radius 1 is 1.64 bits per heavy atom. The van der Waals surface area contributed by atoms with E-state index in [4.69, 9.17) is 11.0 Å². The molecular weight excluding hydrogens is 162 g/mol. The van der Waals surface area contributed by atoms with Crippen LogP contribution >= 0.6 is 12.4 Å². The van der Waals surface area contributed by atoms with Gasteiger partial charge in [0.1, 0.15) is 0 Å². The van der Waals surface area contributed by atoms with Gasteiger partial charge < -0.3 is 5.73 Å². The molecule has 0 saturated heterocycles. The lowest BCUT2D eigenvalue weighted by Crippen LogP contribution is -1.98. The lowest BCUT2D eigenvalue weighted by atomic mass is 10.2. The quantitative estimate of drug-likeness (QED) is 0.678. The summed E-state index contributed by atoms with van der Waals surface area (Å²) >= 11 is 0. The molecule has 4 heteroatoms. The second kappa shape index (κ2) is 4.67. The number of rotatable bonds is 1. The molecule has 0 fully saturated rings. The van der Waals surface area contributed by atoms with Gasteiger partial charge in [0.2, 0.25) is 0 Å². The summed E-state index contributed by atoms with van der Waals surface area (Å²) in [4.78, 5) is 3.93. The monoisotopic (exact) mass is 169 g/mol. The van der Waals surface area contributed by atoms with Gasteiger partial charge in [-0.05, 0) is 12.1 Å². The Morgan fingerprint density at radius 3 is 2.91 bits per heavy atom. The van der Waals surface area contributed by atoms with Gasteiger partial charge in [-0.1, -0.05) is 0 Å². The maximum Gasteiger partial charge on any atom is 0.0992 e. The molecule has 0 amide bonds. The minimum absolute atomic E-state index is 0. The molecule has 0 spiro atoms. The smallest absolute Gasteiger partial charge is 0.0992 e. The molecule has 1 aromatic heterocycles. The van der Waals surface area contributed by atoms with Crippen molar-refractivity contribution in [3.8, 4) is 6.07 Å². The van der Waals surface area contributed by atoms with Gasteiger partial charge in [-0.15, -0.1) is 12.4 Å². The van der Waals surface area contributed by atoms with Crippen LogP contribution < -0.4 is 5.73 Å². The highest BCUT2D eigenvalue weighted by atomic mass is 35.5. The zero-order valence-electron chi connectivity index (χ0n) is 5.82. The maximum absolute atomic E-state index is 8.44. The summed E-state index contributed by atoms with van der Waals surface area (Å²) in [6.45, 7) is 0.384. The van der Waals surface area contributed by atoms with Crippen LogP contribution in [0.5, 0.6) is 0 Å². The summed E-state index contributed by atoms with van der Waals surface area (Å²) < 4.78 is 0. The van der Waals surface area contributed by atoms with Gasteiger partial charge in [0, 0.05) is 12.7 Å². The van der Waals surface area contributed by atoms with Crippen molar-refractivity contribution >= 4 is 12.4 Å². The Kier molecular flexibility index (Phi) is 4.20. The SMILES string of the molecule is Cl.N#Cc1ccnc(CN)c1. The Bertz CT molecular complexity index is 267. The topological polar surface area (TPSA) is 62.7 Å².